The van der Waals surface area contributed by atoms with Gasteiger partial charge >= 0.3 is 0 Å². The summed E-state index contributed by atoms with van der Waals surface area (Å²) in [7, 11) is 0. The molecule has 3 nitrogen and oxygen atoms in total. The van der Waals surface area contributed by atoms with Crippen LogP contribution in [0.2, 0.25) is 0 Å². The van der Waals surface area contributed by atoms with Crippen molar-refractivity contribution in [2.24, 2.45) is 0 Å². The molecule has 1 heterocycles. The summed E-state index contributed by atoms with van der Waals surface area (Å²) in [5.74, 6) is 0. The van der Waals surface area contributed by atoms with E-state index in [1.165, 1.54) is 21.8 Å². The molecule has 3 aromatic carbocycles. The van der Waals surface area contributed by atoms with E-state index < -0.39 is 0 Å². The molecule has 0 aliphatic carbocycles. The van der Waals surface area contributed by atoms with Gasteiger partial charge in [-0.1, -0.05) is 66.7 Å². The van der Waals surface area contributed by atoms with Gasteiger partial charge in [-0.15, -0.1) is 0 Å². The van der Waals surface area contributed by atoms with Crippen molar-refractivity contribution in [1.29, 1.82) is 10.5 Å². The highest BCUT2D eigenvalue weighted by atomic mass is 15.0. The van der Waals surface area contributed by atoms with Crippen LogP contribution in [0.15, 0.2) is 84.4 Å². The average molecular weight is 373 g/mol. The van der Waals surface area contributed by atoms with E-state index in [9.17, 15) is 10.5 Å². The maximum Gasteiger partial charge on any atom is 0.137 e. The molecule has 0 N–H and O–H groups in total. The van der Waals surface area contributed by atoms with Gasteiger partial charge in [-0.25, -0.2) is 0 Å². The molecule has 3 heteroatoms. The summed E-state index contributed by atoms with van der Waals surface area (Å²) in [4.78, 5) is 0. The quantitative estimate of drug-likeness (QED) is 0.310. The van der Waals surface area contributed by atoms with Gasteiger partial charge < -0.3 is 4.57 Å². The van der Waals surface area contributed by atoms with Crippen LogP contribution < -0.4 is 0 Å². The van der Waals surface area contributed by atoms with Gasteiger partial charge in [0.25, 0.3) is 0 Å². The lowest BCUT2D eigenvalue weighted by atomic mass is 9.99. The first-order valence-corrected chi connectivity index (χ1v) is 9.55. The van der Waals surface area contributed by atoms with Crippen molar-refractivity contribution in [3.05, 3.63) is 95.6 Å². The molecule has 138 valence electrons. The van der Waals surface area contributed by atoms with Gasteiger partial charge in [-0.3, -0.25) is 0 Å². The predicted octanol–water partition coefficient (Wildman–Crippen LogP) is 6.33. The van der Waals surface area contributed by atoms with E-state index in [1.54, 1.807) is 0 Å². The number of aromatic nitrogens is 1. The van der Waals surface area contributed by atoms with Gasteiger partial charge in [-0.05, 0) is 36.2 Å². The van der Waals surface area contributed by atoms with Crippen molar-refractivity contribution in [2.75, 3.05) is 0 Å². The number of fused-ring (bicyclic) bond motifs is 3. The number of allylic oxidation sites excluding steroid dienone is 3. The van der Waals surface area contributed by atoms with Gasteiger partial charge in [0.15, 0.2) is 0 Å². The van der Waals surface area contributed by atoms with E-state index in [2.05, 4.69) is 54.0 Å². The number of para-hydroxylation sites is 1. The Balaban J connectivity index is 1.84. The maximum absolute atomic E-state index is 9.38. The Morgan fingerprint density at radius 2 is 1.55 bits per heavy atom. The van der Waals surface area contributed by atoms with Crippen molar-refractivity contribution in [3.63, 3.8) is 0 Å². The lowest BCUT2D eigenvalue weighted by Crippen LogP contribution is -1.92. The summed E-state index contributed by atoms with van der Waals surface area (Å²) in [6.07, 6.45) is 3.83. The Morgan fingerprint density at radius 3 is 2.28 bits per heavy atom. The molecule has 0 aliphatic heterocycles. The molecule has 4 rings (SSSR count). The smallest absolute Gasteiger partial charge is 0.137 e. The van der Waals surface area contributed by atoms with Crippen LogP contribution >= 0.6 is 0 Å². The zero-order chi connectivity index (χ0) is 20.2. The molecule has 0 saturated heterocycles. The third kappa shape index (κ3) is 3.31. The van der Waals surface area contributed by atoms with Crippen molar-refractivity contribution in [1.82, 2.24) is 4.57 Å². The molecule has 0 spiro atoms. The van der Waals surface area contributed by atoms with Gasteiger partial charge in [0.05, 0.1) is 0 Å². The molecule has 0 radical (unpaired) electrons. The first-order chi connectivity index (χ1) is 14.3. The van der Waals surface area contributed by atoms with Crippen LogP contribution in [0, 0.1) is 22.7 Å². The highest BCUT2D eigenvalue weighted by molar-refractivity contribution is 6.08. The second kappa shape index (κ2) is 7.89. The van der Waals surface area contributed by atoms with Crippen LogP contribution in [0.4, 0.5) is 0 Å². The Labute approximate surface area is 170 Å². The summed E-state index contributed by atoms with van der Waals surface area (Å²) in [5.41, 5.74) is 5.06. The van der Waals surface area contributed by atoms with E-state index in [-0.39, 0.29) is 5.57 Å². The van der Waals surface area contributed by atoms with Crippen molar-refractivity contribution < 1.29 is 0 Å². The largest absolute Gasteiger partial charge is 0.341 e. The number of aryl methyl sites for hydroxylation is 1. The molecule has 0 amide bonds. The van der Waals surface area contributed by atoms with Crippen molar-refractivity contribution in [2.45, 2.75) is 13.5 Å². The minimum Gasteiger partial charge on any atom is -0.341 e. The van der Waals surface area contributed by atoms with Gasteiger partial charge in [0.1, 0.15) is 17.7 Å². The SMILES string of the molecule is CCn1c2ccccc2c2cc(/C=C/C(=C(C#N)C#N)c3ccccc3)ccc21. The Morgan fingerprint density at radius 1 is 0.862 bits per heavy atom. The third-order valence-corrected chi connectivity index (χ3v) is 5.13. The molecule has 0 saturated carbocycles. The molecule has 0 fully saturated rings. The first-order valence-electron chi connectivity index (χ1n) is 9.55. The summed E-state index contributed by atoms with van der Waals surface area (Å²) in [6, 6.07) is 28.4. The van der Waals surface area contributed by atoms with Crippen LogP contribution in [0.1, 0.15) is 18.1 Å². The lowest BCUT2D eigenvalue weighted by molar-refractivity contribution is 0.827. The normalized spacial score (nSPS) is 10.9. The van der Waals surface area contributed by atoms with Crippen LogP contribution in [0.5, 0.6) is 0 Å². The van der Waals surface area contributed by atoms with E-state index in [4.69, 9.17) is 0 Å². The topological polar surface area (TPSA) is 52.5 Å². The van der Waals surface area contributed by atoms with E-state index >= 15 is 0 Å². The van der Waals surface area contributed by atoms with E-state index in [1.807, 2.05) is 54.6 Å². The van der Waals surface area contributed by atoms with Gasteiger partial charge in [0, 0.05) is 33.9 Å². The highest BCUT2D eigenvalue weighted by Gasteiger charge is 2.10. The average Bonchev–Trinajstić information content (AvgIpc) is 3.10. The van der Waals surface area contributed by atoms with Crippen LogP contribution in [0.3, 0.4) is 0 Å². The second-order valence-electron chi connectivity index (χ2n) is 6.75. The fourth-order valence-corrected chi connectivity index (χ4v) is 3.78. The highest BCUT2D eigenvalue weighted by Crippen LogP contribution is 2.30. The molecular weight excluding hydrogens is 354 g/mol. The van der Waals surface area contributed by atoms with Crippen molar-refractivity contribution in [3.8, 4) is 12.1 Å². The second-order valence-corrected chi connectivity index (χ2v) is 6.75. The number of nitriles is 2. The summed E-state index contributed by atoms with van der Waals surface area (Å²) in [5, 5.41) is 21.2. The minimum absolute atomic E-state index is 0.108. The number of hydrogen-bond donors (Lipinski definition) is 0. The van der Waals surface area contributed by atoms with Crippen LogP contribution in [0.25, 0.3) is 33.5 Å². The van der Waals surface area contributed by atoms with E-state index in [0.717, 1.165) is 17.7 Å². The standard InChI is InChI=1S/C26H19N3/c1-2-29-25-11-7-6-10-23(25)24-16-19(13-15-26(24)29)12-14-22(21(17-27)18-28)20-8-4-3-5-9-20/h3-16H,2H2,1H3/b14-12+. The minimum atomic E-state index is 0.108. The maximum atomic E-state index is 9.38. The van der Waals surface area contributed by atoms with E-state index in [0.29, 0.717) is 5.57 Å². The third-order valence-electron chi connectivity index (χ3n) is 5.13. The molecule has 0 bridgehead atoms. The van der Waals surface area contributed by atoms with Crippen molar-refractivity contribution >= 4 is 33.5 Å². The molecule has 4 aromatic rings. The Bertz CT molecular complexity index is 1320. The Hall–Kier alpha value is -4.08. The van der Waals surface area contributed by atoms with Crippen LogP contribution in [-0.4, -0.2) is 4.57 Å². The molecule has 0 unspecified atom stereocenters. The van der Waals surface area contributed by atoms with Gasteiger partial charge in [0.2, 0.25) is 0 Å². The summed E-state index contributed by atoms with van der Waals surface area (Å²) >= 11 is 0. The Kier molecular flexibility index (Phi) is 4.97. The molecule has 29 heavy (non-hydrogen) atoms. The monoisotopic (exact) mass is 373 g/mol. The number of rotatable bonds is 4. The fourth-order valence-electron chi connectivity index (χ4n) is 3.78. The van der Waals surface area contributed by atoms with Crippen LogP contribution in [-0.2, 0) is 6.54 Å². The zero-order valence-electron chi connectivity index (χ0n) is 16.1. The molecule has 0 atom stereocenters. The zero-order valence-corrected chi connectivity index (χ0v) is 16.1. The number of benzene rings is 3. The molecule has 1 aromatic heterocycles. The van der Waals surface area contributed by atoms with Gasteiger partial charge in [-0.2, -0.15) is 10.5 Å². The first kappa shape index (κ1) is 18.3. The lowest BCUT2D eigenvalue weighted by Gasteiger charge is -2.04. The molecule has 0 aliphatic rings. The number of nitrogens with zero attached hydrogens (tertiary/aromatic N) is 3. The summed E-state index contributed by atoms with van der Waals surface area (Å²) < 4.78 is 2.32. The molecular formula is C26H19N3. The number of hydrogen-bond acceptors (Lipinski definition) is 2. The predicted molar refractivity (Wildman–Crippen MR) is 119 cm³/mol. The fraction of sp³-hybridized carbons (Fsp3) is 0.0769. The summed E-state index contributed by atoms with van der Waals surface area (Å²) in [6.45, 7) is 3.07.